The van der Waals surface area contributed by atoms with Crippen molar-refractivity contribution in [2.24, 2.45) is 0 Å². The number of allylic oxidation sites excluding steroid dienone is 1. The second-order valence-corrected chi connectivity index (χ2v) is 5.85. The maximum absolute atomic E-state index is 12.3. The third-order valence-corrected chi connectivity index (χ3v) is 3.77. The van der Waals surface area contributed by atoms with Gasteiger partial charge in [-0.2, -0.15) is 0 Å². The first kappa shape index (κ1) is 18.0. The Balaban J connectivity index is 2.36. The molecule has 2 rings (SSSR count). The number of aliphatic hydroxyl groups excluding tert-OH is 2. The number of ether oxygens (including phenoxy) is 1. The molecular weight excluding hydrogens is 312 g/mol. The summed E-state index contributed by atoms with van der Waals surface area (Å²) in [7, 11) is 0. The molecule has 0 saturated heterocycles. The first-order valence-electron chi connectivity index (χ1n) is 7.84. The average Bonchev–Trinajstić information content (AvgIpc) is 2.49. The summed E-state index contributed by atoms with van der Waals surface area (Å²) in [4.78, 5) is 12.3. The highest BCUT2D eigenvalue weighted by atomic mass is 16.5. The predicted molar refractivity (Wildman–Crippen MR) is 88.7 cm³/mol. The van der Waals surface area contributed by atoms with Crippen LogP contribution in [0.25, 0.3) is 6.08 Å². The third kappa shape index (κ3) is 4.59. The smallest absolute Gasteiger partial charge is 0.342 e. The fourth-order valence-electron chi connectivity index (χ4n) is 2.46. The normalized spacial score (nSPS) is 25.6. The summed E-state index contributed by atoms with van der Waals surface area (Å²) in [6, 6.07) is 2.44. The zero-order chi connectivity index (χ0) is 17.7. The fourth-order valence-corrected chi connectivity index (χ4v) is 2.46. The zero-order valence-electron chi connectivity index (χ0n) is 13.4. The van der Waals surface area contributed by atoms with Crippen molar-refractivity contribution in [2.45, 2.75) is 44.5 Å². The highest BCUT2D eigenvalue weighted by Crippen LogP contribution is 2.29. The molecule has 0 radical (unpaired) electrons. The predicted octanol–water partition coefficient (Wildman–Crippen LogP) is 2.12. The van der Waals surface area contributed by atoms with Crippen LogP contribution in [0.4, 0.5) is 0 Å². The second kappa shape index (κ2) is 7.99. The van der Waals surface area contributed by atoms with Crippen LogP contribution in [0.15, 0.2) is 30.4 Å². The van der Waals surface area contributed by atoms with Crippen molar-refractivity contribution in [3.63, 3.8) is 0 Å². The first-order chi connectivity index (χ1) is 11.4. The van der Waals surface area contributed by atoms with Crippen LogP contribution in [-0.2, 0) is 4.74 Å². The van der Waals surface area contributed by atoms with Crippen LogP contribution >= 0.6 is 0 Å². The van der Waals surface area contributed by atoms with E-state index in [0.717, 1.165) is 6.07 Å². The number of hydrogen-bond donors (Lipinski definition) is 4. The van der Waals surface area contributed by atoms with Gasteiger partial charge in [-0.05, 0) is 31.4 Å². The molecule has 4 N–H and O–H groups in total. The lowest BCUT2D eigenvalue weighted by Gasteiger charge is -2.16. The van der Waals surface area contributed by atoms with E-state index in [4.69, 9.17) is 4.74 Å². The van der Waals surface area contributed by atoms with Crippen molar-refractivity contribution >= 4 is 12.0 Å². The summed E-state index contributed by atoms with van der Waals surface area (Å²) < 4.78 is 5.29. The molecule has 0 fully saturated rings. The topological polar surface area (TPSA) is 107 Å². The highest BCUT2D eigenvalue weighted by molar-refractivity contribution is 5.97. The minimum absolute atomic E-state index is 0.0162. The number of cyclic esters (lactones) is 1. The largest absolute Gasteiger partial charge is 0.508 e. The zero-order valence-corrected chi connectivity index (χ0v) is 13.4. The molecule has 0 aliphatic carbocycles. The molecule has 24 heavy (non-hydrogen) atoms. The van der Waals surface area contributed by atoms with Crippen molar-refractivity contribution in [1.82, 2.24) is 0 Å². The number of benzene rings is 1. The Bertz CT molecular complexity index is 649. The van der Waals surface area contributed by atoms with Crippen LogP contribution in [-0.4, -0.2) is 44.7 Å². The summed E-state index contributed by atoms with van der Waals surface area (Å²) in [6.45, 7) is 1.68. The highest BCUT2D eigenvalue weighted by Gasteiger charge is 2.20. The molecule has 1 aromatic carbocycles. The van der Waals surface area contributed by atoms with Crippen molar-refractivity contribution in [3.8, 4) is 11.5 Å². The number of aromatic hydroxyl groups is 2. The van der Waals surface area contributed by atoms with Crippen LogP contribution in [0, 0.1) is 0 Å². The maximum Gasteiger partial charge on any atom is 0.342 e. The van der Waals surface area contributed by atoms with Gasteiger partial charge in [0.05, 0.1) is 12.2 Å². The van der Waals surface area contributed by atoms with Crippen LogP contribution in [0.1, 0.15) is 42.1 Å². The van der Waals surface area contributed by atoms with E-state index >= 15 is 0 Å². The van der Waals surface area contributed by atoms with Gasteiger partial charge in [0.15, 0.2) is 0 Å². The van der Waals surface area contributed by atoms with E-state index in [1.807, 2.05) is 0 Å². The molecule has 130 valence electrons. The number of hydrogen-bond acceptors (Lipinski definition) is 6. The quantitative estimate of drug-likeness (QED) is 0.428. The van der Waals surface area contributed by atoms with Crippen LogP contribution in [0.2, 0.25) is 0 Å². The van der Waals surface area contributed by atoms with E-state index in [9.17, 15) is 25.2 Å². The molecule has 0 saturated carbocycles. The van der Waals surface area contributed by atoms with Crippen LogP contribution in [0.3, 0.4) is 0 Å². The maximum atomic E-state index is 12.3. The summed E-state index contributed by atoms with van der Waals surface area (Å²) in [5.74, 6) is -1.22. The molecule has 0 aromatic heterocycles. The summed E-state index contributed by atoms with van der Waals surface area (Å²) in [5, 5.41) is 39.3. The van der Waals surface area contributed by atoms with Crippen molar-refractivity contribution in [1.29, 1.82) is 0 Å². The molecule has 1 heterocycles. The second-order valence-electron chi connectivity index (χ2n) is 5.85. The van der Waals surface area contributed by atoms with E-state index in [1.54, 1.807) is 25.2 Å². The molecule has 1 aliphatic rings. The van der Waals surface area contributed by atoms with Gasteiger partial charge in [-0.3, -0.25) is 0 Å². The number of fused-ring (bicyclic) bond motifs is 1. The number of phenols is 2. The van der Waals surface area contributed by atoms with E-state index in [-0.39, 0.29) is 17.1 Å². The molecule has 6 heteroatoms. The standard InChI is InChI=1S/C18H22O6/c1-11-5-4-8-15(21)14(20)7-3-2-6-12-9-13(19)10-16(22)17(12)18(23)24-11/h2,4,6,8-11,14-15,19-22H,3,5,7H2,1H3/t11-,14-,15+/m1/s1. The molecule has 0 bridgehead atoms. The SMILES string of the molecule is C[C@@H]1CC=C[C@H](O)[C@H](O)CCC=Cc2cc(O)cc(O)c2C(=O)O1. The molecule has 0 spiro atoms. The Hall–Kier alpha value is -2.31. The van der Waals surface area contributed by atoms with E-state index in [0.29, 0.717) is 24.8 Å². The molecule has 0 amide bonds. The first-order valence-corrected chi connectivity index (χ1v) is 7.84. The summed E-state index contributed by atoms with van der Waals surface area (Å²) >= 11 is 0. The van der Waals surface area contributed by atoms with E-state index in [2.05, 4.69) is 0 Å². The van der Waals surface area contributed by atoms with E-state index in [1.165, 1.54) is 12.1 Å². The fraction of sp³-hybridized carbons (Fsp3) is 0.389. The van der Waals surface area contributed by atoms with Gasteiger partial charge in [0.1, 0.15) is 23.2 Å². The number of aliphatic hydroxyl groups is 2. The van der Waals surface area contributed by atoms with Gasteiger partial charge >= 0.3 is 5.97 Å². The Labute approximate surface area is 140 Å². The van der Waals surface area contributed by atoms with Gasteiger partial charge in [-0.1, -0.05) is 24.3 Å². The van der Waals surface area contributed by atoms with Crippen molar-refractivity contribution in [2.75, 3.05) is 0 Å². The lowest BCUT2D eigenvalue weighted by Crippen LogP contribution is -2.23. The Morgan fingerprint density at radius 3 is 2.67 bits per heavy atom. The molecular formula is C18H22O6. The third-order valence-electron chi connectivity index (χ3n) is 3.77. The van der Waals surface area contributed by atoms with Gasteiger partial charge in [0, 0.05) is 12.5 Å². The van der Waals surface area contributed by atoms with Gasteiger partial charge < -0.3 is 25.2 Å². The molecule has 0 unspecified atom stereocenters. The number of carbonyl (C=O) groups is 1. The molecule has 1 aromatic rings. The van der Waals surface area contributed by atoms with Gasteiger partial charge in [-0.25, -0.2) is 4.79 Å². The Morgan fingerprint density at radius 2 is 1.92 bits per heavy atom. The van der Waals surface area contributed by atoms with E-state index < -0.39 is 24.3 Å². The molecule has 6 nitrogen and oxygen atoms in total. The minimum atomic E-state index is -0.982. The van der Waals surface area contributed by atoms with Gasteiger partial charge in [0.25, 0.3) is 0 Å². The van der Waals surface area contributed by atoms with Gasteiger partial charge in [0.2, 0.25) is 0 Å². The number of carbonyl (C=O) groups excluding carboxylic acids is 1. The summed E-state index contributed by atoms with van der Waals surface area (Å²) in [6.07, 6.45) is 5.18. The average molecular weight is 334 g/mol. The van der Waals surface area contributed by atoms with Crippen molar-refractivity contribution < 1.29 is 30.0 Å². The van der Waals surface area contributed by atoms with Crippen LogP contribution in [0.5, 0.6) is 11.5 Å². The van der Waals surface area contributed by atoms with Gasteiger partial charge in [-0.15, -0.1) is 0 Å². The molecule has 1 aliphatic heterocycles. The number of esters is 1. The molecule has 3 atom stereocenters. The van der Waals surface area contributed by atoms with Crippen LogP contribution < -0.4 is 0 Å². The Morgan fingerprint density at radius 1 is 1.17 bits per heavy atom. The number of rotatable bonds is 0. The lowest BCUT2D eigenvalue weighted by atomic mass is 10.0. The minimum Gasteiger partial charge on any atom is -0.508 e. The Kier molecular flexibility index (Phi) is 6.00. The monoisotopic (exact) mass is 334 g/mol. The number of phenolic OH excluding ortho intramolecular Hbond substituents is 2. The van der Waals surface area contributed by atoms with Crippen molar-refractivity contribution in [3.05, 3.63) is 41.5 Å². The lowest BCUT2D eigenvalue weighted by molar-refractivity contribution is 0.0337. The summed E-state index contributed by atoms with van der Waals surface area (Å²) in [5.41, 5.74) is 0.310.